The van der Waals surface area contributed by atoms with Crippen molar-refractivity contribution >= 4 is 16.8 Å². The van der Waals surface area contributed by atoms with E-state index in [9.17, 15) is 9.59 Å². The van der Waals surface area contributed by atoms with Gasteiger partial charge in [-0.15, -0.1) is 0 Å². The lowest BCUT2D eigenvalue weighted by molar-refractivity contribution is -0.122. The molecule has 1 saturated heterocycles. The molecule has 2 aromatic rings. The SMILES string of the molecule is Cc1cccc2c(=O)n(CCC(=O)NC3CCCNC3C)cnc12. The van der Waals surface area contributed by atoms with E-state index in [1.54, 1.807) is 6.07 Å². The van der Waals surface area contributed by atoms with Crippen LogP contribution in [0.1, 0.15) is 31.7 Å². The molecule has 1 aliphatic heterocycles. The number of carbonyl (C=O) groups is 1. The number of hydrogen-bond acceptors (Lipinski definition) is 4. The maximum atomic E-state index is 12.5. The Morgan fingerprint density at radius 3 is 3.08 bits per heavy atom. The molecule has 0 bridgehead atoms. The number of amides is 1. The van der Waals surface area contributed by atoms with Crippen LogP contribution in [0.2, 0.25) is 0 Å². The minimum Gasteiger partial charge on any atom is -0.352 e. The van der Waals surface area contributed by atoms with Crippen molar-refractivity contribution in [1.82, 2.24) is 20.2 Å². The molecule has 0 spiro atoms. The fraction of sp³-hybridized carbons (Fsp3) is 0.500. The molecule has 2 N–H and O–H groups in total. The molecule has 1 aliphatic rings. The average Bonchev–Trinajstić information content (AvgIpc) is 2.57. The maximum absolute atomic E-state index is 12.5. The highest BCUT2D eigenvalue weighted by atomic mass is 16.2. The first-order valence-corrected chi connectivity index (χ1v) is 8.54. The number of piperidine rings is 1. The van der Waals surface area contributed by atoms with E-state index in [0.717, 1.165) is 30.5 Å². The summed E-state index contributed by atoms with van der Waals surface area (Å²) in [5.74, 6) is -0.0215. The molecule has 1 amide bonds. The predicted molar refractivity (Wildman–Crippen MR) is 94.0 cm³/mol. The number of aromatic nitrogens is 2. The number of carbonyl (C=O) groups excluding carboxylic acids is 1. The quantitative estimate of drug-likeness (QED) is 0.888. The average molecular weight is 328 g/mol. The van der Waals surface area contributed by atoms with Crippen LogP contribution in [0.5, 0.6) is 0 Å². The highest BCUT2D eigenvalue weighted by Gasteiger charge is 2.22. The highest BCUT2D eigenvalue weighted by molar-refractivity contribution is 5.80. The third-order valence-electron chi connectivity index (χ3n) is 4.74. The van der Waals surface area contributed by atoms with Crippen molar-refractivity contribution in [3.63, 3.8) is 0 Å². The van der Waals surface area contributed by atoms with Gasteiger partial charge in [0, 0.05) is 25.0 Å². The summed E-state index contributed by atoms with van der Waals surface area (Å²) >= 11 is 0. The van der Waals surface area contributed by atoms with Gasteiger partial charge in [-0.2, -0.15) is 0 Å². The Morgan fingerprint density at radius 1 is 1.46 bits per heavy atom. The number of hydrogen-bond donors (Lipinski definition) is 2. The number of nitrogens with zero attached hydrogens (tertiary/aromatic N) is 2. The molecule has 3 rings (SSSR count). The van der Waals surface area contributed by atoms with Crippen LogP contribution in [0, 0.1) is 6.92 Å². The molecule has 0 radical (unpaired) electrons. The van der Waals surface area contributed by atoms with Gasteiger partial charge in [-0.1, -0.05) is 12.1 Å². The summed E-state index contributed by atoms with van der Waals surface area (Å²) in [7, 11) is 0. The van der Waals surface area contributed by atoms with Gasteiger partial charge in [0.25, 0.3) is 5.56 Å². The Hall–Kier alpha value is -2.21. The van der Waals surface area contributed by atoms with E-state index in [0.29, 0.717) is 11.9 Å². The van der Waals surface area contributed by atoms with Gasteiger partial charge >= 0.3 is 0 Å². The summed E-state index contributed by atoms with van der Waals surface area (Å²) in [5.41, 5.74) is 1.61. The molecule has 2 unspecified atom stereocenters. The Balaban J connectivity index is 1.66. The molecule has 1 fully saturated rings. The normalized spacial score (nSPS) is 20.9. The van der Waals surface area contributed by atoms with Crippen molar-refractivity contribution in [3.05, 3.63) is 40.4 Å². The highest BCUT2D eigenvalue weighted by Crippen LogP contribution is 2.11. The van der Waals surface area contributed by atoms with Gasteiger partial charge < -0.3 is 10.6 Å². The standard InChI is InChI=1S/C18H24N4O2/c1-12-5-3-6-14-17(12)20-11-22(18(14)24)10-8-16(23)21-15-7-4-9-19-13(15)2/h3,5-6,11,13,15,19H,4,7-10H2,1-2H3,(H,21,23). The van der Waals surface area contributed by atoms with Crippen LogP contribution in [-0.4, -0.2) is 34.1 Å². The fourth-order valence-electron chi connectivity index (χ4n) is 3.24. The first kappa shape index (κ1) is 16.6. The Labute approximate surface area is 141 Å². The van der Waals surface area contributed by atoms with Crippen LogP contribution in [0.15, 0.2) is 29.3 Å². The second kappa shape index (κ2) is 7.13. The van der Waals surface area contributed by atoms with Gasteiger partial charge in [-0.25, -0.2) is 4.98 Å². The minimum atomic E-state index is -0.0933. The smallest absolute Gasteiger partial charge is 0.261 e. The maximum Gasteiger partial charge on any atom is 0.261 e. The molecule has 24 heavy (non-hydrogen) atoms. The predicted octanol–water partition coefficient (Wildman–Crippen LogP) is 1.35. The molecule has 2 heterocycles. The van der Waals surface area contributed by atoms with E-state index in [1.807, 2.05) is 19.1 Å². The lowest BCUT2D eigenvalue weighted by Crippen LogP contribution is -2.52. The number of nitrogens with one attached hydrogen (secondary N) is 2. The third kappa shape index (κ3) is 3.48. The lowest BCUT2D eigenvalue weighted by Gasteiger charge is -2.30. The Kier molecular flexibility index (Phi) is 4.94. The van der Waals surface area contributed by atoms with Crippen LogP contribution in [0.4, 0.5) is 0 Å². The molecular formula is C18H24N4O2. The molecule has 1 aromatic heterocycles. The monoisotopic (exact) mass is 328 g/mol. The van der Waals surface area contributed by atoms with Gasteiger partial charge in [0.1, 0.15) is 0 Å². The van der Waals surface area contributed by atoms with Crippen molar-refractivity contribution in [2.45, 2.75) is 51.7 Å². The van der Waals surface area contributed by atoms with Crippen molar-refractivity contribution in [2.75, 3.05) is 6.54 Å². The zero-order valence-electron chi connectivity index (χ0n) is 14.2. The molecule has 0 aliphatic carbocycles. The number of para-hydroxylation sites is 1. The Bertz CT molecular complexity index is 799. The van der Waals surface area contributed by atoms with Gasteiger partial charge in [0.05, 0.1) is 17.2 Å². The molecule has 1 aromatic carbocycles. The first-order valence-electron chi connectivity index (χ1n) is 8.54. The van der Waals surface area contributed by atoms with E-state index < -0.39 is 0 Å². The van der Waals surface area contributed by atoms with Crippen molar-refractivity contribution in [1.29, 1.82) is 0 Å². The van der Waals surface area contributed by atoms with Gasteiger partial charge in [-0.3, -0.25) is 14.2 Å². The topological polar surface area (TPSA) is 76.0 Å². The van der Waals surface area contributed by atoms with Gasteiger partial charge in [0.15, 0.2) is 0 Å². The minimum absolute atomic E-state index is 0.0215. The molecule has 6 nitrogen and oxygen atoms in total. The number of fused-ring (bicyclic) bond motifs is 1. The van der Waals surface area contributed by atoms with Crippen molar-refractivity contribution in [2.24, 2.45) is 0 Å². The van der Waals surface area contributed by atoms with E-state index >= 15 is 0 Å². The van der Waals surface area contributed by atoms with E-state index in [4.69, 9.17) is 0 Å². The van der Waals surface area contributed by atoms with Gasteiger partial charge in [-0.05, 0) is 44.9 Å². The van der Waals surface area contributed by atoms with Gasteiger partial charge in [0.2, 0.25) is 5.91 Å². The van der Waals surface area contributed by atoms with Crippen molar-refractivity contribution in [3.8, 4) is 0 Å². The number of aryl methyl sites for hydroxylation is 2. The molecule has 0 saturated carbocycles. The van der Waals surface area contributed by atoms with E-state index in [1.165, 1.54) is 10.9 Å². The molecule has 6 heteroatoms. The summed E-state index contributed by atoms with van der Waals surface area (Å²) in [6.45, 7) is 5.37. The lowest BCUT2D eigenvalue weighted by atomic mass is 10.00. The summed E-state index contributed by atoms with van der Waals surface area (Å²) in [6, 6.07) is 6.03. The second-order valence-corrected chi connectivity index (χ2v) is 6.52. The number of rotatable bonds is 4. The Morgan fingerprint density at radius 2 is 2.29 bits per heavy atom. The molecule has 2 atom stereocenters. The molecule has 128 valence electrons. The largest absolute Gasteiger partial charge is 0.352 e. The van der Waals surface area contributed by atoms with Crippen LogP contribution in [0.3, 0.4) is 0 Å². The van der Waals surface area contributed by atoms with Crippen LogP contribution in [-0.2, 0) is 11.3 Å². The van der Waals surface area contributed by atoms with Crippen LogP contribution in [0.25, 0.3) is 10.9 Å². The summed E-state index contributed by atoms with van der Waals surface area (Å²) in [5, 5.41) is 7.03. The zero-order valence-corrected chi connectivity index (χ0v) is 14.2. The van der Waals surface area contributed by atoms with E-state index in [2.05, 4.69) is 22.5 Å². The summed E-state index contributed by atoms with van der Waals surface area (Å²) in [6.07, 6.45) is 3.89. The fourth-order valence-corrected chi connectivity index (χ4v) is 3.24. The van der Waals surface area contributed by atoms with Crippen LogP contribution < -0.4 is 16.2 Å². The second-order valence-electron chi connectivity index (χ2n) is 6.52. The zero-order chi connectivity index (χ0) is 17.1. The summed E-state index contributed by atoms with van der Waals surface area (Å²) in [4.78, 5) is 29.1. The number of benzene rings is 1. The summed E-state index contributed by atoms with van der Waals surface area (Å²) < 4.78 is 1.52. The van der Waals surface area contributed by atoms with Crippen LogP contribution >= 0.6 is 0 Å². The molecular weight excluding hydrogens is 304 g/mol. The van der Waals surface area contributed by atoms with E-state index in [-0.39, 0.29) is 30.0 Å². The third-order valence-corrected chi connectivity index (χ3v) is 4.74. The van der Waals surface area contributed by atoms with Crippen molar-refractivity contribution < 1.29 is 4.79 Å². The first-order chi connectivity index (χ1) is 11.6.